The summed E-state index contributed by atoms with van der Waals surface area (Å²) < 4.78 is 26.8. The Morgan fingerprint density at radius 2 is 1.50 bits per heavy atom. The second-order valence-electron chi connectivity index (χ2n) is 5.57. The zero-order chi connectivity index (χ0) is 17.2. The van der Waals surface area contributed by atoms with E-state index in [1.807, 2.05) is 30.3 Å². The first-order valence-corrected chi connectivity index (χ1v) is 8.99. The number of Topliss-reactive ketones (excluding diaryl/α,β-unsaturated/α-hetero) is 1. The Kier molecular flexibility index (Phi) is 4.36. The summed E-state index contributed by atoms with van der Waals surface area (Å²) in [6.07, 6.45) is 2.10. The van der Waals surface area contributed by atoms with Crippen molar-refractivity contribution in [2.75, 3.05) is 0 Å². The first-order valence-electron chi connectivity index (χ1n) is 7.55. The number of carbonyl (C=O) groups excluding carboxylic acids is 1. The van der Waals surface area contributed by atoms with E-state index < -0.39 is 10.0 Å². The summed E-state index contributed by atoms with van der Waals surface area (Å²) in [5, 5.41) is 0. The Bertz CT molecular complexity index is 958. The van der Waals surface area contributed by atoms with Gasteiger partial charge in [0, 0.05) is 13.1 Å². The molecule has 3 rings (SSSR count). The Morgan fingerprint density at radius 1 is 0.917 bits per heavy atom. The molecule has 0 radical (unpaired) electrons. The molecule has 0 aliphatic heterocycles. The molecule has 0 saturated heterocycles. The first kappa shape index (κ1) is 16.2. The Morgan fingerprint density at radius 3 is 2.08 bits per heavy atom. The highest BCUT2D eigenvalue weighted by molar-refractivity contribution is 7.90. The lowest BCUT2D eigenvalue weighted by molar-refractivity contribution is 0.101. The van der Waals surface area contributed by atoms with Crippen molar-refractivity contribution in [2.24, 2.45) is 0 Å². The Labute approximate surface area is 141 Å². The molecule has 2 aromatic carbocycles. The normalized spacial score (nSPS) is 11.4. The van der Waals surface area contributed by atoms with Crippen LogP contribution < -0.4 is 0 Å². The lowest BCUT2D eigenvalue weighted by Crippen LogP contribution is -2.16. The van der Waals surface area contributed by atoms with Gasteiger partial charge in [-0.25, -0.2) is 12.4 Å². The lowest BCUT2D eigenvalue weighted by atomic mass is 10.1. The van der Waals surface area contributed by atoms with E-state index in [0.29, 0.717) is 6.42 Å². The average Bonchev–Trinajstić information content (AvgIpc) is 3.01. The molecule has 0 bridgehead atoms. The first-order chi connectivity index (χ1) is 11.5. The fourth-order valence-electron chi connectivity index (χ4n) is 2.59. The van der Waals surface area contributed by atoms with Crippen molar-refractivity contribution in [3.63, 3.8) is 0 Å². The third-order valence-electron chi connectivity index (χ3n) is 3.75. The number of hydrogen-bond acceptors (Lipinski definition) is 3. The summed E-state index contributed by atoms with van der Waals surface area (Å²) in [7, 11) is -3.79. The average molecular weight is 339 g/mol. The van der Waals surface area contributed by atoms with Crippen LogP contribution in [0.15, 0.2) is 77.8 Å². The molecule has 0 unspecified atom stereocenters. The third-order valence-corrected chi connectivity index (χ3v) is 5.44. The van der Waals surface area contributed by atoms with Crippen LogP contribution in [-0.2, 0) is 16.4 Å². The number of hydrogen-bond donors (Lipinski definition) is 0. The van der Waals surface area contributed by atoms with E-state index in [-0.39, 0.29) is 16.4 Å². The minimum Gasteiger partial charge on any atom is -0.293 e. The van der Waals surface area contributed by atoms with Crippen LogP contribution in [-0.4, -0.2) is 18.2 Å². The van der Waals surface area contributed by atoms with E-state index >= 15 is 0 Å². The van der Waals surface area contributed by atoms with E-state index in [1.54, 1.807) is 24.3 Å². The molecule has 0 atom stereocenters. The van der Waals surface area contributed by atoms with Crippen molar-refractivity contribution >= 4 is 15.8 Å². The molecule has 0 amide bonds. The molecule has 0 spiro atoms. The van der Waals surface area contributed by atoms with E-state index in [1.165, 1.54) is 25.3 Å². The zero-order valence-corrected chi connectivity index (χ0v) is 14.0. The quantitative estimate of drug-likeness (QED) is 0.668. The van der Waals surface area contributed by atoms with Gasteiger partial charge in [0.1, 0.15) is 0 Å². The van der Waals surface area contributed by atoms with Gasteiger partial charge in [-0.3, -0.25) is 4.79 Å². The van der Waals surface area contributed by atoms with E-state index in [9.17, 15) is 13.2 Å². The van der Waals surface area contributed by atoms with Gasteiger partial charge in [-0.05, 0) is 35.7 Å². The molecule has 5 heteroatoms. The smallest absolute Gasteiger partial charge is 0.268 e. The topological polar surface area (TPSA) is 56.1 Å². The third kappa shape index (κ3) is 3.16. The largest absolute Gasteiger partial charge is 0.293 e. The van der Waals surface area contributed by atoms with Gasteiger partial charge in [-0.15, -0.1) is 0 Å². The number of ketones is 1. The minimum absolute atomic E-state index is 0.161. The van der Waals surface area contributed by atoms with Crippen LogP contribution in [0.25, 0.3) is 0 Å². The monoisotopic (exact) mass is 339 g/mol. The van der Waals surface area contributed by atoms with Gasteiger partial charge in [0.05, 0.1) is 10.6 Å². The maximum atomic E-state index is 12.8. The minimum atomic E-state index is -3.79. The molecule has 0 fully saturated rings. The van der Waals surface area contributed by atoms with Crippen molar-refractivity contribution in [1.29, 1.82) is 0 Å². The second-order valence-corrected chi connectivity index (χ2v) is 7.38. The molecular weight excluding hydrogens is 322 g/mol. The van der Waals surface area contributed by atoms with Gasteiger partial charge in [0.15, 0.2) is 5.78 Å². The highest BCUT2D eigenvalue weighted by Crippen LogP contribution is 2.21. The fraction of sp³-hybridized carbons (Fsp3) is 0.105. The number of carbonyl (C=O) groups is 1. The molecule has 122 valence electrons. The molecule has 0 aliphatic carbocycles. The molecule has 0 N–H and O–H groups in total. The number of rotatable bonds is 5. The molecule has 0 aliphatic rings. The van der Waals surface area contributed by atoms with Crippen molar-refractivity contribution in [2.45, 2.75) is 18.2 Å². The maximum Gasteiger partial charge on any atom is 0.268 e. The number of nitrogens with zero attached hydrogens (tertiary/aromatic N) is 1. The van der Waals surface area contributed by atoms with Crippen LogP contribution in [0, 0.1) is 0 Å². The fourth-order valence-corrected chi connectivity index (χ4v) is 4.03. The van der Waals surface area contributed by atoms with Crippen LogP contribution in [0.5, 0.6) is 0 Å². The SMILES string of the molecule is CC(=O)c1cc(Cc2ccccc2)cn1S(=O)(=O)c1ccccc1. The molecule has 24 heavy (non-hydrogen) atoms. The summed E-state index contributed by atoms with van der Waals surface area (Å²) in [6, 6.07) is 19.5. The van der Waals surface area contributed by atoms with Gasteiger partial charge in [-0.1, -0.05) is 48.5 Å². The highest BCUT2D eigenvalue weighted by Gasteiger charge is 2.22. The van der Waals surface area contributed by atoms with Gasteiger partial charge >= 0.3 is 0 Å². The summed E-state index contributed by atoms with van der Waals surface area (Å²) >= 11 is 0. The van der Waals surface area contributed by atoms with Crippen LogP contribution in [0.4, 0.5) is 0 Å². The summed E-state index contributed by atoms with van der Waals surface area (Å²) in [6.45, 7) is 1.37. The zero-order valence-electron chi connectivity index (χ0n) is 13.2. The van der Waals surface area contributed by atoms with Crippen LogP contribution >= 0.6 is 0 Å². The summed E-state index contributed by atoms with van der Waals surface area (Å²) in [5.41, 5.74) is 2.01. The van der Waals surface area contributed by atoms with Crippen molar-refractivity contribution < 1.29 is 13.2 Å². The maximum absolute atomic E-state index is 12.8. The standard InChI is InChI=1S/C19H17NO3S/c1-15(21)19-13-17(12-16-8-4-2-5-9-16)14-20(19)24(22,23)18-10-6-3-7-11-18/h2-11,13-14H,12H2,1H3. The van der Waals surface area contributed by atoms with Crippen molar-refractivity contribution in [3.05, 3.63) is 89.7 Å². The predicted molar refractivity (Wildman–Crippen MR) is 92.7 cm³/mol. The van der Waals surface area contributed by atoms with E-state index in [0.717, 1.165) is 15.1 Å². The molecule has 0 saturated carbocycles. The summed E-state index contributed by atoms with van der Waals surface area (Å²) in [4.78, 5) is 12.1. The summed E-state index contributed by atoms with van der Waals surface area (Å²) in [5.74, 6) is -0.284. The van der Waals surface area contributed by atoms with E-state index in [4.69, 9.17) is 0 Å². The Balaban J connectivity index is 2.06. The van der Waals surface area contributed by atoms with Gasteiger partial charge in [0.25, 0.3) is 10.0 Å². The van der Waals surface area contributed by atoms with Gasteiger partial charge < -0.3 is 0 Å². The predicted octanol–water partition coefficient (Wildman–Crippen LogP) is 3.52. The van der Waals surface area contributed by atoms with Crippen molar-refractivity contribution in [3.8, 4) is 0 Å². The molecule has 1 heterocycles. The molecular formula is C19H17NO3S. The molecule has 3 aromatic rings. The Hall–Kier alpha value is -2.66. The lowest BCUT2D eigenvalue weighted by Gasteiger charge is -2.08. The molecule has 4 nitrogen and oxygen atoms in total. The van der Waals surface area contributed by atoms with Crippen LogP contribution in [0.1, 0.15) is 28.5 Å². The molecule has 1 aromatic heterocycles. The number of benzene rings is 2. The number of aromatic nitrogens is 1. The van der Waals surface area contributed by atoms with Crippen LogP contribution in [0.2, 0.25) is 0 Å². The van der Waals surface area contributed by atoms with Gasteiger partial charge in [-0.2, -0.15) is 0 Å². The van der Waals surface area contributed by atoms with Crippen LogP contribution in [0.3, 0.4) is 0 Å². The van der Waals surface area contributed by atoms with E-state index in [2.05, 4.69) is 0 Å². The highest BCUT2D eigenvalue weighted by atomic mass is 32.2. The van der Waals surface area contributed by atoms with Gasteiger partial charge in [0.2, 0.25) is 0 Å². The second kappa shape index (κ2) is 6.45. The van der Waals surface area contributed by atoms with Crippen molar-refractivity contribution in [1.82, 2.24) is 3.97 Å².